The molecule has 0 amide bonds. The number of rotatable bonds is 11. The summed E-state index contributed by atoms with van der Waals surface area (Å²) < 4.78 is 10.1. The van der Waals surface area contributed by atoms with Gasteiger partial charge in [0.05, 0.1) is 26.1 Å². The van der Waals surface area contributed by atoms with Gasteiger partial charge in [-0.1, -0.05) is 46.5 Å². The number of hydrogen-bond donors (Lipinski definition) is 0. The summed E-state index contributed by atoms with van der Waals surface area (Å²) in [4.78, 5) is 22.8. The molecule has 0 aliphatic heterocycles. The van der Waals surface area contributed by atoms with Crippen LogP contribution in [0.4, 0.5) is 0 Å². The highest BCUT2D eigenvalue weighted by molar-refractivity contribution is 5.77. The second-order valence-electron chi connectivity index (χ2n) is 4.79. The molecule has 0 unspecified atom stereocenters. The summed E-state index contributed by atoms with van der Waals surface area (Å²) in [6.45, 7) is 7.16. The summed E-state index contributed by atoms with van der Waals surface area (Å²) in [5, 5.41) is 0. The van der Waals surface area contributed by atoms with Crippen LogP contribution >= 0.6 is 0 Å². The Morgan fingerprint density at radius 3 is 2.00 bits per heavy atom. The first-order valence-corrected chi connectivity index (χ1v) is 7.45. The molecule has 0 aromatic heterocycles. The fourth-order valence-electron chi connectivity index (χ4n) is 1.62. The summed E-state index contributed by atoms with van der Waals surface area (Å²) in [6, 6.07) is 0. The Morgan fingerprint density at radius 2 is 1.47 bits per heavy atom. The van der Waals surface area contributed by atoms with E-state index >= 15 is 0 Å². The van der Waals surface area contributed by atoms with Crippen molar-refractivity contribution in [2.45, 2.75) is 65.7 Å². The smallest absolute Gasteiger partial charge is 0.306 e. The van der Waals surface area contributed by atoms with Crippen LogP contribution < -0.4 is 0 Å². The molecule has 0 saturated heterocycles. The van der Waals surface area contributed by atoms with Crippen molar-refractivity contribution in [1.29, 1.82) is 0 Å². The van der Waals surface area contributed by atoms with Gasteiger partial charge in [-0.3, -0.25) is 9.59 Å². The molecule has 19 heavy (non-hydrogen) atoms. The first-order valence-electron chi connectivity index (χ1n) is 7.45. The van der Waals surface area contributed by atoms with Crippen LogP contribution in [0.2, 0.25) is 0 Å². The Morgan fingerprint density at radius 1 is 0.895 bits per heavy atom. The molecule has 0 spiro atoms. The molecule has 0 aromatic carbocycles. The lowest BCUT2D eigenvalue weighted by Crippen LogP contribution is -2.15. The number of carbonyl (C=O) groups excluding carboxylic acids is 2. The van der Waals surface area contributed by atoms with Crippen molar-refractivity contribution in [3.63, 3.8) is 0 Å². The first-order chi connectivity index (χ1) is 9.13. The fraction of sp³-hybridized carbons (Fsp3) is 0.867. The highest BCUT2D eigenvalue weighted by atomic mass is 16.5. The summed E-state index contributed by atoms with van der Waals surface area (Å²) >= 11 is 0. The number of ether oxygens (including phenoxy) is 2. The highest BCUT2D eigenvalue weighted by Gasteiger charge is 2.11. The second kappa shape index (κ2) is 12.0. The topological polar surface area (TPSA) is 52.6 Å². The van der Waals surface area contributed by atoms with E-state index < -0.39 is 0 Å². The molecule has 0 bridgehead atoms. The zero-order valence-corrected chi connectivity index (χ0v) is 12.6. The van der Waals surface area contributed by atoms with Crippen LogP contribution in [-0.4, -0.2) is 25.2 Å². The zero-order chi connectivity index (χ0) is 14.5. The number of esters is 2. The van der Waals surface area contributed by atoms with E-state index in [9.17, 15) is 9.59 Å². The largest absolute Gasteiger partial charge is 0.466 e. The minimum Gasteiger partial charge on any atom is -0.466 e. The number of hydrogen-bond acceptors (Lipinski definition) is 4. The van der Waals surface area contributed by atoms with Gasteiger partial charge in [0, 0.05) is 0 Å². The van der Waals surface area contributed by atoms with Crippen molar-refractivity contribution in [2.24, 2.45) is 5.92 Å². The molecule has 0 fully saturated rings. The van der Waals surface area contributed by atoms with Crippen LogP contribution in [0.1, 0.15) is 65.7 Å². The van der Waals surface area contributed by atoms with Crippen molar-refractivity contribution in [1.82, 2.24) is 0 Å². The normalized spacial score (nSPS) is 10.5. The fourth-order valence-corrected chi connectivity index (χ4v) is 1.62. The SMILES string of the molecule is CCCCCOC(=O)CCC(=O)OCC(CC)CC. The van der Waals surface area contributed by atoms with E-state index in [4.69, 9.17) is 9.47 Å². The molecule has 0 heterocycles. The predicted molar refractivity (Wildman–Crippen MR) is 74.7 cm³/mol. The number of unbranched alkanes of at least 4 members (excludes halogenated alkanes) is 2. The average Bonchev–Trinajstić information content (AvgIpc) is 2.42. The van der Waals surface area contributed by atoms with Crippen molar-refractivity contribution in [3.05, 3.63) is 0 Å². The average molecular weight is 272 g/mol. The maximum Gasteiger partial charge on any atom is 0.306 e. The number of carbonyl (C=O) groups is 2. The summed E-state index contributed by atoms with van der Waals surface area (Å²) in [5.74, 6) is -0.196. The van der Waals surface area contributed by atoms with E-state index in [1.807, 2.05) is 0 Å². The van der Waals surface area contributed by atoms with Crippen LogP contribution in [-0.2, 0) is 19.1 Å². The van der Waals surface area contributed by atoms with Crippen molar-refractivity contribution < 1.29 is 19.1 Å². The molecule has 0 rings (SSSR count). The lowest BCUT2D eigenvalue weighted by Gasteiger charge is -2.12. The van der Waals surface area contributed by atoms with E-state index in [0.717, 1.165) is 32.1 Å². The maximum absolute atomic E-state index is 11.4. The Hall–Kier alpha value is -1.06. The van der Waals surface area contributed by atoms with Crippen LogP contribution in [0.25, 0.3) is 0 Å². The first kappa shape index (κ1) is 17.9. The molecular weight excluding hydrogens is 244 g/mol. The van der Waals surface area contributed by atoms with Crippen molar-refractivity contribution in [2.75, 3.05) is 13.2 Å². The Labute approximate surface area is 116 Å². The lowest BCUT2D eigenvalue weighted by atomic mass is 10.1. The standard InChI is InChI=1S/C15H28O4/c1-4-7-8-11-18-14(16)9-10-15(17)19-12-13(5-2)6-3/h13H,4-12H2,1-3H3. The minimum atomic E-state index is -0.310. The second-order valence-corrected chi connectivity index (χ2v) is 4.79. The van der Waals surface area contributed by atoms with Gasteiger partial charge in [0.2, 0.25) is 0 Å². The van der Waals surface area contributed by atoms with E-state index in [-0.39, 0.29) is 24.8 Å². The van der Waals surface area contributed by atoms with E-state index in [0.29, 0.717) is 19.1 Å². The molecule has 0 aliphatic rings. The van der Waals surface area contributed by atoms with Crippen LogP contribution in [0.15, 0.2) is 0 Å². The zero-order valence-electron chi connectivity index (χ0n) is 12.6. The van der Waals surface area contributed by atoms with Crippen molar-refractivity contribution >= 4 is 11.9 Å². The molecule has 0 radical (unpaired) electrons. The Bertz CT molecular complexity index is 247. The summed E-state index contributed by atoms with van der Waals surface area (Å²) in [5.41, 5.74) is 0. The van der Waals surface area contributed by atoms with Gasteiger partial charge in [0.1, 0.15) is 0 Å². The summed E-state index contributed by atoms with van der Waals surface area (Å²) in [7, 11) is 0. The van der Waals surface area contributed by atoms with E-state index in [2.05, 4.69) is 20.8 Å². The molecule has 4 heteroatoms. The van der Waals surface area contributed by atoms with Gasteiger partial charge in [0.25, 0.3) is 0 Å². The quantitative estimate of drug-likeness (QED) is 0.427. The summed E-state index contributed by atoms with van der Waals surface area (Å²) in [6.07, 6.45) is 5.29. The van der Waals surface area contributed by atoms with Crippen LogP contribution in [0.3, 0.4) is 0 Å². The molecule has 112 valence electrons. The molecule has 0 aromatic rings. The molecule has 0 atom stereocenters. The monoisotopic (exact) mass is 272 g/mol. The van der Waals surface area contributed by atoms with Gasteiger partial charge in [-0.2, -0.15) is 0 Å². The van der Waals surface area contributed by atoms with Gasteiger partial charge in [-0.25, -0.2) is 0 Å². The van der Waals surface area contributed by atoms with E-state index in [1.54, 1.807) is 0 Å². The van der Waals surface area contributed by atoms with Crippen LogP contribution in [0.5, 0.6) is 0 Å². The minimum absolute atomic E-state index is 0.118. The van der Waals surface area contributed by atoms with Crippen molar-refractivity contribution in [3.8, 4) is 0 Å². The Balaban J connectivity index is 3.58. The molecule has 0 aliphatic carbocycles. The third kappa shape index (κ3) is 10.5. The molecular formula is C15H28O4. The molecule has 4 nitrogen and oxygen atoms in total. The van der Waals surface area contributed by atoms with Gasteiger partial charge in [-0.15, -0.1) is 0 Å². The third-order valence-corrected chi connectivity index (χ3v) is 3.18. The van der Waals surface area contributed by atoms with E-state index in [1.165, 1.54) is 0 Å². The lowest BCUT2D eigenvalue weighted by molar-refractivity contribution is -0.151. The highest BCUT2D eigenvalue weighted by Crippen LogP contribution is 2.08. The Kier molecular flexibility index (Phi) is 11.3. The third-order valence-electron chi connectivity index (χ3n) is 3.18. The molecule has 0 N–H and O–H groups in total. The predicted octanol–water partition coefficient (Wildman–Crippen LogP) is 3.48. The molecule has 0 saturated carbocycles. The van der Waals surface area contributed by atoms with Gasteiger partial charge in [0.15, 0.2) is 0 Å². The van der Waals surface area contributed by atoms with Gasteiger partial charge < -0.3 is 9.47 Å². The van der Waals surface area contributed by atoms with Gasteiger partial charge in [-0.05, 0) is 12.3 Å². The maximum atomic E-state index is 11.4. The van der Waals surface area contributed by atoms with Crippen LogP contribution in [0, 0.1) is 5.92 Å². The van der Waals surface area contributed by atoms with Gasteiger partial charge >= 0.3 is 11.9 Å².